The van der Waals surface area contributed by atoms with Crippen LogP contribution >= 0.6 is 11.6 Å². The Kier molecular flexibility index (Phi) is 3.51. The van der Waals surface area contributed by atoms with E-state index in [0.717, 1.165) is 38.4 Å². The number of halogens is 1. The molecule has 4 nitrogen and oxygen atoms in total. The first-order valence-electron chi connectivity index (χ1n) is 5.51. The van der Waals surface area contributed by atoms with Crippen LogP contribution in [0.3, 0.4) is 0 Å². The second kappa shape index (κ2) is 4.89. The summed E-state index contributed by atoms with van der Waals surface area (Å²) in [5.74, 6) is 0.861. The second-order valence-corrected chi connectivity index (χ2v) is 4.65. The number of nitrogens with zero attached hydrogens (tertiary/aromatic N) is 3. The van der Waals surface area contributed by atoms with E-state index in [4.69, 9.17) is 17.3 Å². The fraction of sp³-hybridized carbons (Fsp3) is 0.545. The van der Waals surface area contributed by atoms with Gasteiger partial charge < -0.3 is 15.5 Å². The summed E-state index contributed by atoms with van der Waals surface area (Å²) in [4.78, 5) is 8.88. The summed E-state index contributed by atoms with van der Waals surface area (Å²) < 4.78 is 0. The average molecular weight is 241 g/mol. The van der Waals surface area contributed by atoms with E-state index in [2.05, 4.69) is 21.8 Å². The molecule has 0 bridgehead atoms. The predicted molar refractivity (Wildman–Crippen MR) is 68.0 cm³/mol. The SMILES string of the molecule is CN1CCCN(c2ncc(Cl)cc2N)CC1. The van der Waals surface area contributed by atoms with Gasteiger partial charge >= 0.3 is 0 Å². The molecule has 0 spiro atoms. The van der Waals surface area contributed by atoms with Crippen molar-refractivity contribution in [2.45, 2.75) is 6.42 Å². The van der Waals surface area contributed by atoms with Crippen LogP contribution in [0.4, 0.5) is 11.5 Å². The largest absolute Gasteiger partial charge is 0.396 e. The molecule has 1 aliphatic rings. The van der Waals surface area contributed by atoms with Gasteiger partial charge in [-0.05, 0) is 26.1 Å². The summed E-state index contributed by atoms with van der Waals surface area (Å²) in [6, 6.07) is 1.76. The van der Waals surface area contributed by atoms with E-state index in [0.29, 0.717) is 10.7 Å². The number of anilines is 2. The van der Waals surface area contributed by atoms with Gasteiger partial charge in [-0.25, -0.2) is 4.98 Å². The van der Waals surface area contributed by atoms with E-state index in [9.17, 15) is 0 Å². The van der Waals surface area contributed by atoms with Crippen molar-refractivity contribution < 1.29 is 0 Å². The summed E-state index contributed by atoms with van der Waals surface area (Å²) >= 11 is 5.84. The lowest BCUT2D eigenvalue weighted by Gasteiger charge is -2.22. The molecule has 0 atom stereocenters. The number of hydrogen-bond acceptors (Lipinski definition) is 4. The molecule has 0 amide bonds. The first-order valence-corrected chi connectivity index (χ1v) is 5.89. The van der Waals surface area contributed by atoms with Gasteiger partial charge in [0, 0.05) is 25.8 Å². The first kappa shape index (κ1) is 11.5. The maximum atomic E-state index is 5.94. The highest BCUT2D eigenvalue weighted by Crippen LogP contribution is 2.24. The smallest absolute Gasteiger partial charge is 0.151 e. The molecule has 0 aliphatic carbocycles. The van der Waals surface area contributed by atoms with Crippen LogP contribution in [0.1, 0.15) is 6.42 Å². The Morgan fingerprint density at radius 3 is 2.88 bits per heavy atom. The van der Waals surface area contributed by atoms with Gasteiger partial charge in [0.1, 0.15) is 0 Å². The molecule has 1 aromatic heterocycles. The Morgan fingerprint density at radius 2 is 2.12 bits per heavy atom. The fourth-order valence-electron chi connectivity index (χ4n) is 1.97. The van der Waals surface area contributed by atoms with Crippen molar-refractivity contribution in [1.82, 2.24) is 9.88 Å². The van der Waals surface area contributed by atoms with Crippen molar-refractivity contribution >= 4 is 23.1 Å². The van der Waals surface area contributed by atoms with Gasteiger partial charge in [0.25, 0.3) is 0 Å². The van der Waals surface area contributed by atoms with E-state index in [1.807, 2.05) is 0 Å². The van der Waals surface area contributed by atoms with Crippen molar-refractivity contribution in [3.05, 3.63) is 17.3 Å². The zero-order chi connectivity index (χ0) is 11.5. The number of aromatic nitrogens is 1. The van der Waals surface area contributed by atoms with Crippen molar-refractivity contribution in [1.29, 1.82) is 0 Å². The zero-order valence-corrected chi connectivity index (χ0v) is 10.2. The molecule has 1 aliphatic heterocycles. The van der Waals surface area contributed by atoms with Crippen LogP contribution < -0.4 is 10.6 Å². The van der Waals surface area contributed by atoms with Crippen LogP contribution in [0, 0.1) is 0 Å². The maximum Gasteiger partial charge on any atom is 0.151 e. The van der Waals surface area contributed by atoms with Crippen LogP contribution in [0.2, 0.25) is 5.02 Å². The molecule has 1 fully saturated rings. The molecular formula is C11H17ClN4. The van der Waals surface area contributed by atoms with Crippen molar-refractivity contribution in [3.8, 4) is 0 Å². The molecule has 88 valence electrons. The lowest BCUT2D eigenvalue weighted by molar-refractivity contribution is 0.360. The third-order valence-electron chi connectivity index (χ3n) is 2.88. The number of likely N-dealkylation sites (N-methyl/N-ethyl adjacent to an activating group) is 1. The standard InChI is InChI=1S/C11H17ClN4/c1-15-3-2-4-16(6-5-15)11-10(13)7-9(12)8-14-11/h7-8H,2-6,13H2,1H3. The molecule has 1 aromatic rings. The van der Waals surface area contributed by atoms with Crippen molar-refractivity contribution in [3.63, 3.8) is 0 Å². The lowest BCUT2D eigenvalue weighted by Crippen LogP contribution is -2.30. The topological polar surface area (TPSA) is 45.4 Å². The minimum atomic E-state index is 0.591. The highest BCUT2D eigenvalue weighted by Gasteiger charge is 2.15. The molecule has 0 saturated carbocycles. The van der Waals surface area contributed by atoms with Gasteiger partial charge in [0.2, 0.25) is 0 Å². The van der Waals surface area contributed by atoms with Crippen LogP contribution in [0.15, 0.2) is 12.3 Å². The Labute approximate surface area is 101 Å². The van der Waals surface area contributed by atoms with Gasteiger partial charge in [0.05, 0.1) is 10.7 Å². The molecule has 2 heterocycles. The average Bonchev–Trinajstić information content (AvgIpc) is 2.43. The second-order valence-electron chi connectivity index (χ2n) is 4.21. The Balaban J connectivity index is 2.16. The van der Waals surface area contributed by atoms with Crippen molar-refractivity contribution in [2.75, 3.05) is 43.9 Å². The molecule has 5 heteroatoms. The summed E-state index contributed by atoms with van der Waals surface area (Å²) in [5, 5.41) is 0.591. The van der Waals surface area contributed by atoms with Gasteiger partial charge in [0.15, 0.2) is 5.82 Å². The summed E-state index contributed by atoms with van der Waals surface area (Å²) in [6.07, 6.45) is 2.79. The highest BCUT2D eigenvalue weighted by atomic mass is 35.5. The zero-order valence-electron chi connectivity index (χ0n) is 9.49. The number of pyridine rings is 1. The summed E-state index contributed by atoms with van der Waals surface area (Å²) in [7, 11) is 2.14. The third kappa shape index (κ3) is 2.57. The molecule has 16 heavy (non-hydrogen) atoms. The lowest BCUT2D eigenvalue weighted by atomic mass is 10.3. The number of nitrogen functional groups attached to an aromatic ring is 1. The monoisotopic (exact) mass is 240 g/mol. The first-order chi connectivity index (χ1) is 7.66. The number of nitrogens with two attached hydrogens (primary N) is 1. The molecular weight excluding hydrogens is 224 g/mol. The van der Waals surface area contributed by atoms with Crippen LogP contribution in [-0.2, 0) is 0 Å². The van der Waals surface area contributed by atoms with E-state index in [1.165, 1.54) is 0 Å². The molecule has 2 N–H and O–H groups in total. The maximum absolute atomic E-state index is 5.94. The number of rotatable bonds is 1. The van der Waals surface area contributed by atoms with E-state index >= 15 is 0 Å². The molecule has 1 saturated heterocycles. The van der Waals surface area contributed by atoms with Crippen LogP contribution in [0.5, 0.6) is 0 Å². The van der Waals surface area contributed by atoms with E-state index < -0.39 is 0 Å². The van der Waals surface area contributed by atoms with Crippen LogP contribution in [0.25, 0.3) is 0 Å². The molecule has 2 rings (SSSR count). The Hall–Kier alpha value is -1.00. The van der Waals surface area contributed by atoms with E-state index in [1.54, 1.807) is 12.3 Å². The normalized spacial score (nSPS) is 18.5. The quantitative estimate of drug-likeness (QED) is 0.807. The minimum absolute atomic E-state index is 0.591. The fourth-order valence-corrected chi connectivity index (χ4v) is 2.14. The van der Waals surface area contributed by atoms with Gasteiger partial charge in [-0.15, -0.1) is 0 Å². The van der Waals surface area contributed by atoms with Gasteiger partial charge in [-0.1, -0.05) is 11.6 Å². The third-order valence-corrected chi connectivity index (χ3v) is 3.09. The number of hydrogen-bond donors (Lipinski definition) is 1. The minimum Gasteiger partial charge on any atom is -0.396 e. The van der Waals surface area contributed by atoms with Crippen molar-refractivity contribution in [2.24, 2.45) is 0 Å². The molecule has 0 radical (unpaired) electrons. The van der Waals surface area contributed by atoms with Gasteiger partial charge in [-0.3, -0.25) is 0 Å². The Bertz CT molecular complexity index is 369. The Morgan fingerprint density at radius 1 is 1.31 bits per heavy atom. The predicted octanol–water partition coefficient (Wildman–Crippen LogP) is 1.46. The molecule has 0 aromatic carbocycles. The van der Waals surface area contributed by atoms with E-state index in [-0.39, 0.29) is 0 Å². The summed E-state index contributed by atoms with van der Waals surface area (Å²) in [5.41, 5.74) is 6.60. The molecule has 0 unspecified atom stereocenters. The summed E-state index contributed by atoms with van der Waals surface area (Å²) in [6.45, 7) is 4.15. The van der Waals surface area contributed by atoms with Gasteiger partial charge in [-0.2, -0.15) is 0 Å². The van der Waals surface area contributed by atoms with Crippen LogP contribution in [-0.4, -0.2) is 43.1 Å². The highest BCUT2D eigenvalue weighted by molar-refractivity contribution is 6.30.